The smallest absolute Gasteiger partial charge is 0.271 e. The third kappa shape index (κ3) is 3.30. The number of nitrogens with zero attached hydrogens (tertiary/aromatic N) is 4. The van der Waals surface area contributed by atoms with Gasteiger partial charge in [0.1, 0.15) is 5.69 Å². The van der Waals surface area contributed by atoms with E-state index in [0.29, 0.717) is 31.3 Å². The number of likely N-dealkylation sites (tertiary alicyclic amines) is 1. The second-order valence-corrected chi connectivity index (χ2v) is 6.01. The minimum Gasteiger partial charge on any atom is -0.361 e. The molecule has 1 saturated heterocycles. The van der Waals surface area contributed by atoms with Crippen molar-refractivity contribution in [2.45, 2.75) is 13.0 Å². The molecule has 1 fully saturated rings. The van der Waals surface area contributed by atoms with Crippen molar-refractivity contribution in [3.8, 4) is 11.3 Å². The minimum atomic E-state index is -0.160. The molecular formula is C18H22N6O2. The van der Waals surface area contributed by atoms with E-state index in [9.17, 15) is 9.59 Å². The maximum absolute atomic E-state index is 12.4. The predicted octanol–water partition coefficient (Wildman–Crippen LogP) is 1.10. The van der Waals surface area contributed by atoms with Crippen LogP contribution in [0.5, 0.6) is 0 Å². The van der Waals surface area contributed by atoms with Crippen LogP contribution in [0.15, 0.2) is 42.0 Å². The van der Waals surface area contributed by atoms with Crippen molar-refractivity contribution in [3.63, 3.8) is 0 Å². The normalized spacial score (nSPS) is 13.8. The first-order valence-electron chi connectivity index (χ1n) is 8.49. The summed E-state index contributed by atoms with van der Waals surface area (Å²) in [7, 11) is 1.75. The number of aromatic nitrogens is 3. The van der Waals surface area contributed by atoms with Crippen molar-refractivity contribution < 1.29 is 4.79 Å². The molecule has 0 bridgehead atoms. The monoisotopic (exact) mass is 354 g/mol. The highest BCUT2D eigenvalue weighted by molar-refractivity contribution is 5.87. The molecule has 0 aliphatic carbocycles. The molecule has 2 aromatic heterocycles. The zero-order valence-electron chi connectivity index (χ0n) is 14.9. The summed E-state index contributed by atoms with van der Waals surface area (Å²) in [6.45, 7) is 7.33. The topological polar surface area (TPSA) is 94.2 Å². The Morgan fingerprint density at radius 1 is 1.54 bits per heavy atom. The molecule has 1 amide bonds. The van der Waals surface area contributed by atoms with Crippen molar-refractivity contribution in [1.82, 2.24) is 19.9 Å². The number of nitrogens with one attached hydrogen (secondary N) is 2. The molecule has 0 atom stereocenters. The van der Waals surface area contributed by atoms with Crippen LogP contribution < -0.4 is 15.8 Å². The number of hydrogen-bond acceptors (Lipinski definition) is 6. The molecular weight excluding hydrogens is 332 g/mol. The Labute approximate surface area is 151 Å². The molecule has 26 heavy (non-hydrogen) atoms. The van der Waals surface area contributed by atoms with Crippen LogP contribution in [-0.2, 0) is 4.79 Å². The van der Waals surface area contributed by atoms with Crippen LogP contribution in [0.3, 0.4) is 0 Å². The first-order chi connectivity index (χ1) is 12.6. The summed E-state index contributed by atoms with van der Waals surface area (Å²) in [5, 5.41) is 2.90. The molecule has 0 unspecified atom stereocenters. The van der Waals surface area contributed by atoms with Gasteiger partial charge in [0.05, 0.1) is 11.7 Å². The Kier molecular flexibility index (Phi) is 5.01. The highest BCUT2D eigenvalue weighted by Gasteiger charge is 2.34. The lowest BCUT2D eigenvalue weighted by Crippen LogP contribution is -2.61. The van der Waals surface area contributed by atoms with Gasteiger partial charge < -0.3 is 20.1 Å². The third-order valence-electron chi connectivity index (χ3n) is 4.50. The van der Waals surface area contributed by atoms with Gasteiger partial charge in [-0.1, -0.05) is 6.58 Å². The van der Waals surface area contributed by atoms with Crippen molar-refractivity contribution in [3.05, 3.63) is 47.5 Å². The lowest BCUT2D eigenvalue weighted by Gasteiger charge is -2.45. The van der Waals surface area contributed by atoms with Crippen molar-refractivity contribution in [1.29, 1.82) is 0 Å². The second-order valence-electron chi connectivity index (χ2n) is 6.01. The number of rotatable bonds is 6. The van der Waals surface area contributed by atoms with Crippen LogP contribution in [0.1, 0.15) is 6.92 Å². The lowest BCUT2D eigenvalue weighted by atomic mass is 10.1. The van der Waals surface area contributed by atoms with Crippen LogP contribution in [0.2, 0.25) is 0 Å². The van der Waals surface area contributed by atoms with Gasteiger partial charge in [-0.2, -0.15) is 0 Å². The summed E-state index contributed by atoms with van der Waals surface area (Å²) in [5.41, 5.74) is 1.93. The molecule has 2 N–H and O–H groups in total. The summed E-state index contributed by atoms with van der Waals surface area (Å²) in [5.74, 6) is 0.431. The van der Waals surface area contributed by atoms with Gasteiger partial charge in [-0.25, -0.2) is 9.97 Å². The highest BCUT2D eigenvalue weighted by atomic mass is 16.2. The second kappa shape index (κ2) is 7.38. The van der Waals surface area contributed by atoms with Gasteiger partial charge in [-0.3, -0.25) is 9.59 Å². The average molecular weight is 354 g/mol. The number of amides is 1. The molecule has 3 rings (SSSR count). The van der Waals surface area contributed by atoms with E-state index in [4.69, 9.17) is 0 Å². The summed E-state index contributed by atoms with van der Waals surface area (Å²) in [4.78, 5) is 39.1. The van der Waals surface area contributed by atoms with Crippen LogP contribution in [0.4, 0.5) is 11.6 Å². The maximum Gasteiger partial charge on any atom is 0.271 e. The number of carbonyl (C=O) groups is 1. The molecule has 1 aliphatic heterocycles. The van der Waals surface area contributed by atoms with E-state index in [2.05, 4.69) is 26.8 Å². The van der Waals surface area contributed by atoms with Gasteiger partial charge in [0.25, 0.3) is 5.56 Å². The van der Waals surface area contributed by atoms with E-state index >= 15 is 0 Å². The van der Waals surface area contributed by atoms with E-state index < -0.39 is 0 Å². The largest absolute Gasteiger partial charge is 0.361 e. The average Bonchev–Trinajstić information content (AvgIpc) is 2.64. The van der Waals surface area contributed by atoms with Crippen molar-refractivity contribution >= 4 is 17.5 Å². The van der Waals surface area contributed by atoms with E-state index in [0.717, 1.165) is 11.3 Å². The maximum atomic E-state index is 12.4. The lowest BCUT2D eigenvalue weighted by molar-refractivity contribution is -0.130. The number of anilines is 2. The Balaban J connectivity index is 1.88. The fourth-order valence-electron chi connectivity index (χ4n) is 3.06. The molecule has 3 heterocycles. The fraction of sp³-hybridized carbons (Fsp3) is 0.333. The van der Waals surface area contributed by atoms with E-state index in [1.807, 2.05) is 17.9 Å². The molecule has 136 valence electrons. The van der Waals surface area contributed by atoms with Crippen LogP contribution in [-0.4, -0.2) is 58.5 Å². The number of aromatic amines is 1. The van der Waals surface area contributed by atoms with E-state index in [-0.39, 0.29) is 17.5 Å². The Morgan fingerprint density at radius 3 is 2.96 bits per heavy atom. The molecule has 8 nitrogen and oxygen atoms in total. The molecule has 1 aliphatic rings. The zero-order chi connectivity index (χ0) is 18.7. The Hall–Kier alpha value is -3.16. The predicted molar refractivity (Wildman–Crippen MR) is 101 cm³/mol. The van der Waals surface area contributed by atoms with Gasteiger partial charge in [0.15, 0.2) is 0 Å². The molecule has 8 heteroatoms. The van der Waals surface area contributed by atoms with Gasteiger partial charge in [-0.05, 0) is 25.1 Å². The molecule has 0 aromatic carbocycles. The van der Waals surface area contributed by atoms with Crippen molar-refractivity contribution in [2.75, 3.05) is 36.9 Å². The van der Waals surface area contributed by atoms with Crippen molar-refractivity contribution in [2.24, 2.45) is 0 Å². The molecule has 0 spiro atoms. The zero-order valence-corrected chi connectivity index (χ0v) is 14.9. The van der Waals surface area contributed by atoms with Crippen LogP contribution >= 0.6 is 0 Å². The van der Waals surface area contributed by atoms with Gasteiger partial charge in [0, 0.05) is 44.6 Å². The number of likely N-dealkylation sites (N-methyl/N-ethyl adjacent to an activating group) is 1. The fourth-order valence-corrected chi connectivity index (χ4v) is 3.06. The standard InChI is InChI=1S/C18H22N6O2/c1-4-16(25)23-10-13(11-23)24(5-2)15-8-12(9-21-17(15)26)14-6-7-20-18(19-3)22-14/h4,6-9,13H,1,5,10-11H2,2-3H3,(H,21,26)(H,19,20,22). The summed E-state index contributed by atoms with van der Waals surface area (Å²) < 4.78 is 0. The molecule has 2 aromatic rings. The Morgan fingerprint density at radius 2 is 2.31 bits per heavy atom. The van der Waals surface area contributed by atoms with Crippen LogP contribution in [0, 0.1) is 0 Å². The third-order valence-corrected chi connectivity index (χ3v) is 4.50. The quantitative estimate of drug-likeness (QED) is 0.755. The summed E-state index contributed by atoms with van der Waals surface area (Å²) in [6, 6.07) is 3.74. The minimum absolute atomic E-state index is 0.0828. The van der Waals surface area contributed by atoms with Crippen LogP contribution in [0.25, 0.3) is 11.3 Å². The number of pyridine rings is 1. The highest BCUT2D eigenvalue weighted by Crippen LogP contribution is 2.24. The van der Waals surface area contributed by atoms with Gasteiger partial charge >= 0.3 is 0 Å². The van der Waals surface area contributed by atoms with E-state index in [1.165, 1.54) is 6.08 Å². The summed E-state index contributed by atoms with van der Waals surface area (Å²) >= 11 is 0. The number of H-pyrrole nitrogens is 1. The first-order valence-corrected chi connectivity index (χ1v) is 8.49. The summed E-state index contributed by atoms with van der Waals surface area (Å²) in [6.07, 6.45) is 4.63. The van der Waals surface area contributed by atoms with Gasteiger partial charge in [0.2, 0.25) is 11.9 Å². The van der Waals surface area contributed by atoms with Gasteiger partial charge in [-0.15, -0.1) is 0 Å². The molecule has 0 radical (unpaired) electrons. The SMILES string of the molecule is C=CC(=O)N1CC(N(CC)c2cc(-c3ccnc(NC)n3)c[nH]c2=O)C1. The Bertz CT molecular complexity index is 872. The molecule has 0 saturated carbocycles. The number of carbonyl (C=O) groups excluding carboxylic acids is 1. The van der Waals surface area contributed by atoms with E-state index in [1.54, 1.807) is 30.4 Å². The number of hydrogen-bond donors (Lipinski definition) is 2. The first kappa shape index (κ1) is 17.7.